The number of ketones is 1. The maximum Gasteiger partial charge on any atom is 0.219 e. The van der Waals surface area contributed by atoms with Gasteiger partial charge in [-0.2, -0.15) is 0 Å². The first kappa shape index (κ1) is 15.0. The predicted octanol–water partition coefficient (Wildman–Crippen LogP) is 2.43. The number of terminal acetylenes is 1. The number of carbonyl (C=O) groups excluding carboxylic acids is 2. The predicted molar refractivity (Wildman–Crippen MR) is 87.8 cm³/mol. The van der Waals surface area contributed by atoms with Gasteiger partial charge < -0.3 is 11.1 Å². The Hall–Kier alpha value is -1.93. The lowest BCUT2D eigenvalue weighted by Gasteiger charge is -2.32. The minimum absolute atomic E-state index is 0.0104. The fourth-order valence-electron chi connectivity index (χ4n) is 2.76. The van der Waals surface area contributed by atoms with Gasteiger partial charge in [0.25, 0.3) is 0 Å². The van der Waals surface area contributed by atoms with Crippen LogP contribution in [0.15, 0.2) is 23.1 Å². The number of Topliss-reactive ketones (excluding diaryl/α,β-unsaturated/α-hetero) is 1. The molecular weight excluding hydrogens is 296 g/mol. The summed E-state index contributed by atoms with van der Waals surface area (Å²) in [4.78, 5) is 25.1. The molecule has 2 unspecified atom stereocenters. The normalized spacial score (nSPS) is 23.3. The number of nitrogens with one attached hydrogen (secondary N) is 1. The number of amides is 1. The number of benzene rings is 1. The number of primary amides is 1. The molecule has 1 aliphatic heterocycles. The number of fused-ring (bicyclic) bond motifs is 1. The van der Waals surface area contributed by atoms with Gasteiger partial charge in [-0.25, -0.2) is 0 Å². The maximum atomic E-state index is 12.8. The molecule has 1 amide bonds. The molecule has 1 aromatic carbocycles. The number of nitrogens with two attached hydrogens (primary N) is 1. The van der Waals surface area contributed by atoms with Gasteiger partial charge in [-0.05, 0) is 31.0 Å². The van der Waals surface area contributed by atoms with Crippen LogP contribution >= 0.6 is 11.8 Å². The standard InChI is InChI=1S/C17H18N2O2S/c1-2-3-12-15(9-16(18)20)19-14-7-6-11(22-10-4-5-10)8-13(14)17(12)21/h1,6-8,10,12,15,19H,3-5,9H2,(H2,18,20). The van der Waals surface area contributed by atoms with E-state index < -0.39 is 11.8 Å². The molecule has 5 heteroatoms. The van der Waals surface area contributed by atoms with Gasteiger partial charge in [0, 0.05) is 40.3 Å². The van der Waals surface area contributed by atoms with Crippen LogP contribution in [-0.2, 0) is 4.79 Å². The molecule has 4 nitrogen and oxygen atoms in total. The van der Waals surface area contributed by atoms with Crippen LogP contribution < -0.4 is 11.1 Å². The zero-order valence-corrected chi connectivity index (χ0v) is 13.0. The molecular formula is C17H18N2O2S. The molecule has 3 rings (SSSR count). The highest BCUT2D eigenvalue weighted by Crippen LogP contribution is 2.41. The minimum Gasteiger partial charge on any atom is -0.380 e. The summed E-state index contributed by atoms with van der Waals surface area (Å²) in [6.45, 7) is 0. The first-order valence-electron chi connectivity index (χ1n) is 7.41. The third kappa shape index (κ3) is 3.12. The zero-order chi connectivity index (χ0) is 15.7. The number of hydrogen-bond acceptors (Lipinski definition) is 4. The smallest absolute Gasteiger partial charge is 0.219 e. The molecule has 1 fully saturated rings. The van der Waals surface area contributed by atoms with Crippen LogP contribution in [0.2, 0.25) is 0 Å². The van der Waals surface area contributed by atoms with E-state index in [1.54, 1.807) is 0 Å². The summed E-state index contributed by atoms with van der Waals surface area (Å²) < 4.78 is 0. The molecule has 1 aliphatic carbocycles. The van der Waals surface area contributed by atoms with Crippen LogP contribution in [0.25, 0.3) is 0 Å². The summed E-state index contributed by atoms with van der Waals surface area (Å²) in [5.41, 5.74) is 6.73. The lowest BCUT2D eigenvalue weighted by Crippen LogP contribution is -2.41. The Kier molecular flexibility index (Phi) is 4.12. The van der Waals surface area contributed by atoms with Crippen molar-refractivity contribution in [1.29, 1.82) is 0 Å². The Morgan fingerprint density at radius 1 is 1.45 bits per heavy atom. The second-order valence-electron chi connectivity index (χ2n) is 5.82. The highest BCUT2D eigenvalue weighted by molar-refractivity contribution is 8.00. The molecule has 0 aromatic heterocycles. The highest BCUT2D eigenvalue weighted by Gasteiger charge is 2.36. The molecule has 114 valence electrons. The molecule has 2 atom stereocenters. The molecule has 22 heavy (non-hydrogen) atoms. The number of anilines is 1. The van der Waals surface area contributed by atoms with Crippen molar-refractivity contribution in [3.05, 3.63) is 23.8 Å². The van der Waals surface area contributed by atoms with Gasteiger partial charge in [0.05, 0.1) is 5.92 Å². The van der Waals surface area contributed by atoms with E-state index in [0.717, 1.165) is 10.6 Å². The Balaban J connectivity index is 1.89. The van der Waals surface area contributed by atoms with Gasteiger partial charge in [-0.15, -0.1) is 24.1 Å². The first-order chi connectivity index (χ1) is 10.6. The van der Waals surface area contributed by atoms with Crippen molar-refractivity contribution < 1.29 is 9.59 Å². The Labute approximate surface area is 134 Å². The average Bonchev–Trinajstić information content (AvgIpc) is 3.27. The lowest BCUT2D eigenvalue weighted by atomic mass is 9.82. The third-order valence-corrected chi connectivity index (χ3v) is 5.34. The van der Waals surface area contributed by atoms with Gasteiger partial charge in [0.15, 0.2) is 5.78 Å². The SMILES string of the molecule is C#CCC1C(=O)c2cc(SC3CC3)ccc2NC1CC(N)=O. The quantitative estimate of drug-likeness (QED) is 0.819. The number of hydrogen-bond donors (Lipinski definition) is 2. The number of thioether (sulfide) groups is 1. The van der Waals surface area contributed by atoms with E-state index in [-0.39, 0.29) is 18.2 Å². The molecule has 0 radical (unpaired) electrons. The van der Waals surface area contributed by atoms with Crippen molar-refractivity contribution in [2.75, 3.05) is 5.32 Å². The van der Waals surface area contributed by atoms with E-state index >= 15 is 0 Å². The van der Waals surface area contributed by atoms with Gasteiger partial charge in [0.1, 0.15) is 0 Å². The fourth-order valence-corrected chi connectivity index (χ4v) is 3.85. The van der Waals surface area contributed by atoms with E-state index in [1.807, 2.05) is 30.0 Å². The van der Waals surface area contributed by atoms with E-state index in [9.17, 15) is 9.59 Å². The molecule has 1 saturated carbocycles. The summed E-state index contributed by atoms with van der Waals surface area (Å²) in [5, 5.41) is 3.95. The van der Waals surface area contributed by atoms with Gasteiger partial charge in [-0.3, -0.25) is 9.59 Å². The first-order valence-corrected chi connectivity index (χ1v) is 8.29. The third-order valence-electron chi connectivity index (χ3n) is 4.01. The average molecular weight is 314 g/mol. The lowest BCUT2D eigenvalue weighted by molar-refractivity contribution is -0.118. The van der Waals surface area contributed by atoms with Gasteiger partial charge >= 0.3 is 0 Å². The molecule has 1 aromatic rings. The number of rotatable bonds is 5. The Morgan fingerprint density at radius 3 is 2.86 bits per heavy atom. The van der Waals surface area contributed by atoms with Crippen molar-refractivity contribution in [3.63, 3.8) is 0 Å². The van der Waals surface area contributed by atoms with Crippen LogP contribution in [0.5, 0.6) is 0 Å². The van der Waals surface area contributed by atoms with E-state index in [2.05, 4.69) is 11.2 Å². The molecule has 3 N–H and O–H groups in total. The summed E-state index contributed by atoms with van der Waals surface area (Å²) in [6, 6.07) is 5.55. The van der Waals surface area contributed by atoms with Crippen LogP contribution in [0, 0.1) is 18.3 Å². The molecule has 2 aliphatic rings. The largest absolute Gasteiger partial charge is 0.380 e. The number of carbonyl (C=O) groups is 2. The van der Waals surface area contributed by atoms with Crippen molar-refractivity contribution in [1.82, 2.24) is 0 Å². The topological polar surface area (TPSA) is 72.2 Å². The molecule has 0 spiro atoms. The van der Waals surface area contributed by atoms with E-state index in [4.69, 9.17) is 12.2 Å². The van der Waals surface area contributed by atoms with E-state index in [1.165, 1.54) is 12.8 Å². The highest BCUT2D eigenvalue weighted by atomic mass is 32.2. The van der Waals surface area contributed by atoms with E-state index in [0.29, 0.717) is 17.2 Å². The Morgan fingerprint density at radius 2 is 2.23 bits per heavy atom. The van der Waals surface area contributed by atoms with Crippen molar-refractivity contribution in [2.45, 2.75) is 41.9 Å². The Bertz CT molecular complexity index is 661. The van der Waals surface area contributed by atoms with Crippen molar-refractivity contribution in [2.24, 2.45) is 11.7 Å². The second-order valence-corrected chi connectivity index (χ2v) is 7.20. The molecule has 1 heterocycles. The van der Waals surface area contributed by atoms with Crippen molar-refractivity contribution in [3.8, 4) is 12.3 Å². The van der Waals surface area contributed by atoms with Gasteiger partial charge in [0.2, 0.25) is 5.91 Å². The van der Waals surface area contributed by atoms with Crippen LogP contribution in [-0.4, -0.2) is 23.0 Å². The van der Waals surface area contributed by atoms with Crippen molar-refractivity contribution >= 4 is 29.1 Å². The van der Waals surface area contributed by atoms with Crippen LogP contribution in [0.4, 0.5) is 5.69 Å². The van der Waals surface area contributed by atoms with Crippen LogP contribution in [0.3, 0.4) is 0 Å². The monoisotopic (exact) mass is 314 g/mol. The molecule has 0 saturated heterocycles. The molecule has 0 bridgehead atoms. The summed E-state index contributed by atoms with van der Waals surface area (Å²) >= 11 is 1.82. The van der Waals surface area contributed by atoms with Crippen LogP contribution in [0.1, 0.15) is 36.0 Å². The van der Waals surface area contributed by atoms with Gasteiger partial charge in [-0.1, -0.05) is 0 Å². The zero-order valence-electron chi connectivity index (χ0n) is 12.2. The summed E-state index contributed by atoms with van der Waals surface area (Å²) in [7, 11) is 0. The second kappa shape index (κ2) is 6.05. The minimum atomic E-state index is -0.434. The summed E-state index contributed by atoms with van der Waals surface area (Å²) in [6.07, 6.45) is 8.29. The fraction of sp³-hybridized carbons (Fsp3) is 0.412. The summed E-state index contributed by atoms with van der Waals surface area (Å²) in [5.74, 6) is 1.72. The maximum absolute atomic E-state index is 12.8.